The van der Waals surface area contributed by atoms with Gasteiger partial charge in [0.25, 0.3) is 0 Å². The first-order chi connectivity index (χ1) is 10.7. The van der Waals surface area contributed by atoms with E-state index in [0.717, 1.165) is 5.30 Å². The van der Waals surface area contributed by atoms with Crippen molar-refractivity contribution >= 4 is 18.4 Å². The number of phenols is 1. The minimum atomic E-state index is -2.02. The van der Waals surface area contributed by atoms with Gasteiger partial charge in [-0.1, -0.05) is 50.2 Å². The van der Waals surface area contributed by atoms with Crippen LogP contribution >= 0.6 is 7.14 Å². The highest BCUT2D eigenvalue weighted by atomic mass is 31.2. The fourth-order valence-corrected chi connectivity index (χ4v) is 2.53. The minimum Gasteiger partial charge on any atom is -0.508 e. The lowest BCUT2D eigenvalue weighted by Gasteiger charge is -2.04. The first-order valence-electron chi connectivity index (χ1n) is 7.36. The third kappa shape index (κ3) is 7.16. The van der Waals surface area contributed by atoms with Crippen molar-refractivity contribution in [1.82, 2.24) is 0 Å². The number of hydrogen-bond donors (Lipinski definition) is 2. The van der Waals surface area contributed by atoms with Crippen molar-refractivity contribution in [3.8, 4) is 5.75 Å². The van der Waals surface area contributed by atoms with Crippen LogP contribution < -0.4 is 5.30 Å². The van der Waals surface area contributed by atoms with Gasteiger partial charge in [0.15, 0.2) is 0 Å². The van der Waals surface area contributed by atoms with Crippen LogP contribution in [0.4, 0.5) is 0 Å². The van der Waals surface area contributed by atoms with Crippen LogP contribution in [-0.2, 0) is 4.57 Å². The molecule has 5 heteroatoms. The van der Waals surface area contributed by atoms with Crippen LogP contribution in [0.15, 0.2) is 48.5 Å². The van der Waals surface area contributed by atoms with Crippen molar-refractivity contribution in [3.05, 3.63) is 59.7 Å². The summed E-state index contributed by atoms with van der Waals surface area (Å²) in [5, 5.41) is 18.6. The van der Waals surface area contributed by atoms with Crippen LogP contribution in [0.1, 0.15) is 29.8 Å². The third-order valence-corrected chi connectivity index (χ3v) is 4.46. The van der Waals surface area contributed by atoms with Crippen molar-refractivity contribution in [1.29, 1.82) is 0 Å². The van der Waals surface area contributed by atoms with Crippen molar-refractivity contribution in [2.75, 3.05) is 13.3 Å². The van der Waals surface area contributed by atoms with Gasteiger partial charge in [-0.25, -0.2) is 4.79 Å². The quantitative estimate of drug-likeness (QED) is 0.799. The highest BCUT2D eigenvalue weighted by Crippen LogP contribution is 2.33. The summed E-state index contributed by atoms with van der Waals surface area (Å²) in [6, 6.07) is 14.0. The molecule has 0 saturated carbocycles. The average molecular weight is 336 g/mol. The second kappa shape index (κ2) is 9.86. The Labute approximate surface area is 138 Å². The SMILES string of the molecule is CC.CP(C)(=O)c1ccccc1.Cc1c(O)cccc1C(=O)O. The Hall–Kier alpha value is -2.06. The Kier molecular flexibility index (Phi) is 8.97. The zero-order chi connectivity index (χ0) is 18.0. The Morgan fingerprint density at radius 3 is 1.83 bits per heavy atom. The van der Waals surface area contributed by atoms with E-state index in [9.17, 15) is 9.36 Å². The summed E-state index contributed by atoms with van der Waals surface area (Å²) in [6.45, 7) is 9.13. The van der Waals surface area contributed by atoms with E-state index in [4.69, 9.17) is 10.2 Å². The molecular formula is C18H25O4P. The topological polar surface area (TPSA) is 74.6 Å². The predicted molar refractivity (Wildman–Crippen MR) is 96.7 cm³/mol. The molecule has 0 heterocycles. The normalized spacial score (nSPS) is 9.78. The minimum absolute atomic E-state index is 0.0184. The molecule has 2 aromatic rings. The van der Waals surface area contributed by atoms with Gasteiger partial charge in [-0.2, -0.15) is 0 Å². The summed E-state index contributed by atoms with van der Waals surface area (Å²) >= 11 is 0. The van der Waals surface area contributed by atoms with Crippen molar-refractivity contribution in [2.24, 2.45) is 0 Å². The Morgan fingerprint density at radius 1 is 0.957 bits per heavy atom. The summed E-state index contributed by atoms with van der Waals surface area (Å²) < 4.78 is 11.4. The highest BCUT2D eigenvalue weighted by Gasteiger charge is 2.08. The molecule has 0 unspecified atom stereocenters. The molecule has 2 N–H and O–H groups in total. The van der Waals surface area contributed by atoms with E-state index in [0.29, 0.717) is 5.56 Å². The van der Waals surface area contributed by atoms with E-state index < -0.39 is 13.1 Å². The molecule has 0 aromatic heterocycles. The second-order valence-corrected chi connectivity index (χ2v) is 8.16. The number of carboxylic acid groups (broad SMARTS) is 1. The van der Waals surface area contributed by atoms with Crippen LogP contribution in [-0.4, -0.2) is 29.5 Å². The lowest BCUT2D eigenvalue weighted by Crippen LogP contribution is -2.00. The molecule has 0 saturated heterocycles. The van der Waals surface area contributed by atoms with E-state index in [-0.39, 0.29) is 11.3 Å². The van der Waals surface area contributed by atoms with E-state index >= 15 is 0 Å². The van der Waals surface area contributed by atoms with Gasteiger partial charge in [0, 0.05) is 10.9 Å². The zero-order valence-corrected chi connectivity index (χ0v) is 15.2. The molecule has 0 bridgehead atoms. The average Bonchev–Trinajstić information content (AvgIpc) is 2.52. The molecule has 0 aliphatic carbocycles. The monoisotopic (exact) mass is 336 g/mol. The maximum Gasteiger partial charge on any atom is 0.336 e. The molecule has 0 radical (unpaired) electrons. The van der Waals surface area contributed by atoms with E-state index in [1.54, 1.807) is 20.3 Å². The molecule has 2 aromatic carbocycles. The number of aromatic carboxylic acids is 1. The zero-order valence-electron chi connectivity index (χ0n) is 14.3. The molecule has 0 fully saturated rings. The van der Waals surface area contributed by atoms with Gasteiger partial charge in [-0.15, -0.1) is 0 Å². The Balaban J connectivity index is 0.000000381. The first kappa shape index (κ1) is 20.9. The number of aromatic hydroxyl groups is 1. The molecule has 0 spiro atoms. The first-order valence-corrected chi connectivity index (χ1v) is 9.96. The molecule has 0 aliphatic heterocycles. The van der Waals surface area contributed by atoms with Crippen molar-refractivity contribution in [2.45, 2.75) is 20.8 Å². The van der Waals surface area contributed by atoms with E-state index in [2.05, 4.69) is 0 Å². The van der Waals surface area contributed by atoms with E-state index in [1.165, 1.54) is 18.2 Å². The van der Waals surface area contributed by atoms with Crippen molar-refractivity contribution in [3.63, 3.8) is 0 Å². The van der Waals surface area contributed by atoms with Gasteiger partial charge in [-0.05, 0) is 32.4 Å². The van der Waals surface area contributed by atoms with E-state index in [1.807, 2.05) is 44.2 Å². The third-order valence-electron chi connectivity index (χ3n) is 2.91. The van der Waals surface area contributed by atoms with Gasteiger partial charge in [-0.3, -0.25) is 0 Å². The fraction of sp³-hybridized carbons (Fsp3) is 0.278. The number of hydrogen-bond acceptors (Lipinski definition) is 3. The van der Waals surface area contributed by atoms with Gasteiger partial charge in [0.1, 0.15) is 12.9 Å². The largest absolute Gasteiger partial charge is 0.508 e. The molecule has 126 valence electrons. The number of benzene rings is 2. The summed E-state index contributed by atoms with van der Waals surface area (Å²) in [5.74, 6) is -0.997. The second-order valence-electron chi connectivity index (χ2n) is 4.94. The summed E-state index contributed by atoms with van der Waals surface area (Å²) in [5.41, 5.74) is 0.546. The van der Waals surface area contributed by atoms with Crippen molar-refractivity contribution < 1.29 is 19.6 Å². The predicted octanol–water partition coefficient (Wildman–Crippen LogP) is 4.36. The van der Waals surface area contributed by atoms with Gasteiger partial charge < -0.3 is 14.8 Å². The standard InChI is InChI=1S/C8H8O3.C8H11OP.C2H6/c1-5-6(8(10)11)3-2-4-7(5)9;1-10(2,9)8-6-4-3-5-7-8;1-2/h2-4,9H,1H3,(H,10,11);3-7H,1-2H3;1-2H3. The number of carboxylic acids is 1. The molecular weight excluding hydrogens is 311 g/mol. The van der Waals surface area contributed by atoms with Gasteiger partial charge in [0.05, 0.1) is 5.56 Å². The molecule has 0 amide bonds. The molecule has 4 nitrogen and oxygen atoms in total. The Bertz CT molecular complexity index is 660. The maximum atomic E-state index is 11.4. The molecule has 0 atom stereocenters. The lowest BCUT2D eigenvalue weighted by atomic mass is 10.1. The van der Waals surface area contributed by atoms with Crippen LogP contribution in [0.2, 0.25) is 0 Å². The summed E-state index contributed by atoms with van der Waals surface area (Å²) in [4.78, 5) is 10.5. The summed E-state index contributed by atoms with van der Waals surface area (Å²) in [6.07, 6.45) is 0. The molecule has 0 aliphatic rings. The molecule has 23 heavy (non-hydrogen) atoms. The smallest absolute Gasteiger partial charge is 0.336 e. The van der Waals surface area contributed by atoms with Gasteiger partial charge >= 0.3 is 5.97 Å². The number of rotatable bonds is 2. The van der Waals surface area contributed by atoms with Crippen LogP contribution in [0.5, 0.6) is 5.75 Å². The number of carbonyl (C=O) groups is 1. The van der Waals surface area contributed by atoms with Crippen LogP contribution in [0, 0.1) is 6.92 Å². The highest BCUT2D eigenvalue weighted by molar-refractivity contribution is 7.70. The Morgan fingerprint density at radius 2 is 1.48 bits per heavy atom. The maximum absolute atomic E-state index is 11.4. The van der Waals surface area contributed by atoms with Crippen LogP contribution in [0.3, 0.4) is 0 Å². The van der Waals surface area contributed by atoms with Crippen LogP contribution in [0.25, 0.3) is 0 Å². The lowest BCUT2D eigenvalue weighted by molar-refractivity contribution is 0.0695. The molecule has 2 rings (SSSR count). The summed E-state index contributed by atoms with van der Waals surface area (Å²) in [7, 11) is -2.02. The fourth-order valence-electron chi connectivity index (χ4n) is 1.64. The van der Waals surface area contributed by atoms with Gasteiger partial charge in [0.2, 0.25) is 0 Å². The number of phenolic OH excluding ortho intramolecular Hbond substituents is 1.